The minimum Gasteiger partial charge on any atom is -0.497 e. The molecule has 1 unspecified atom stereocenters. The van der Waals surface area contributed by atoms with Crippen LogP contribution in [0, 0.1) is 0 Å². The fourth-order valence-electron chi connectivity index (χ4n) is 2.55. The normalized spacial score (nSPS) is 17.6. The van der Waals surface area contributed by atoms with Crippen LogP contribution in [0.25, 0.3) is 0 Å². The number of esters is 1. The monoisotopic (exact) mass is 367 g/mol. The minimum absolute atomic E-state index is 0.0142. The van der Waals surface area contributed by atoms with Crippen molar-refractivity contribution < 1.29 is 23.8 Å². The van der Waals surface area contributed by atoms with Crippen LogP contribution in [0.5, 0.6) is 11.5 Å². The Bertz CT molecular complexity index is 619. The summed E-state index contributed by atoms with van der Waals surface area (Å²) in [4.78, 5) is 25.9. The average molecular weight is 367 g/mol. The number of carbonyl (C=O) groups excluding carboxylic acids is 2. The number of amides is 1. The second-order valence-electron chi connectivity index (χ2n) is 6.73. The Morgan fingerprint density at radius 2 is 1.80 bits per heavy atom. The summed E-state index contributed by atoms with van der Waals surface area (Å²) >= 11 is 1.53. The summed E-state index contributed by atoms with van der Waals surface area (Å²) in [5.74, 6) is 1.43. The zero-order valence-corrected chi connectivity index (χ0v) is 16.1. The van der Waals surface area contributed by atoms with E-state index in [1.807, 2.05) is 32.9 Å². The minimum atomic E-state index is -0.527. The maximum absolute atomic E-state index is 12.3. The van der Waals surface area contributed by atoms with Gasteiger partial charge in [-0.1, -0.05) is 0 Å². The fraction of sp³-hybridized carbons (Fsp3) is 0.556. The number of methoxy groups -OCH3 is 2. The highest BCUT2D eigenvalue weighted by atomic mass is 32.2. The number of carbonyl (C=O) groups is 2. The second-order valence-corrected chi connectivity index (χ2v) is 7.80. The Kier molecular flexibility index (Phi) is 6.21. The van der Waals surface area contributed by atoms with Crippen LogP contribution in [0.2, 0.25) is 0 Å². The summed E-state index contributed by atoms with van der Waals surface area (Å²) < 4.78 is 15.9. The van der Waals surface area contributed by atoms with Crippen molar-refractivity contribution in [3.8, 4) is 11.5 Å². The Balaban J connectivity index is 2.12. The van der Waals surface area contributed by atoms with Crippen molar-refractivity contribution in [1.82, 2.24) is 4.90 Å². The molecule has 0 radical (unpaired) electrons. The van der Waals surface area contributed by atoms with Gasteiger partial charge in [0, 0.05) is 12.6 Å². The van der Waals surface area contributed by atoms with Gasteiger partial charge in [-0.05, 0) is 38.5 Å². The van der Waals surface area contributed by atoms with Crippen LogP contribution in [0.4, 0.5) is 0 Å². The molecule has 1 atom stereocenters. The van der Waals surface area contributed by atoms with Gasteiger partial charge < -0.3 is 19.1 Å². The second kappa shape index (κ2) is 7.99. The molecule has 0 saturated carbocycles. The molecule has 1 fully saturated rings. The number of ether oxygens (including phenoxy) is 3. The van der Waals surface area contributed by atoms with Gasteiger partial charge in [0.1, 0.15) is 22.5 Å². The molecule has 2 rings (SSSR count). The van der Waals surface area contributed by atoms with E-state index in [0.29, 0.717) is 23.8 Å². The molecule has 25 heavy (non-hydrogen) atoms. The fourth-order valence-corrected chi connectivity index (χ4v) is 3.75. The molecule has 1 amide bonds. The van der Waals surface area contributed by atoms with Crippen LogP contribution < -0.4 is 9.47 Å². The first-order valence-electron chi connectivity index (χ1n) is 8.09. The van der Waals surface area contributed by atoms with Crippen molar-refractivity contribution in [3.05, 3.63) is 23.8 Å². The van der Waals surface area contributed by atoms with E-state index in [1.54, 1.807) is 25.2 Å². The van der Waals surface area contributed by atoms with Crippen LogP contribution in [-0.2, 0) is 14.3 Å². The lowest BCUT2D eigenvalue weighted by Gasteiger charge is -2.25. The molecule has 0 aromatic heterocycles. The van der Waals surface area contributed by atoms with Gasteiger partial charge in [0.2, 0.25) is 5.91 Å². The summed E-state index contributed by atoms with van der Waals surface area (Å²) in [5, 5.41) is -0.168. The van der Waals surface area contributed by atoms with Crippen molar-refractivity contribution in [1.29, 1.82) is 0 Å². The number of rotatable bonds is 6. The molecule has 0 N–H and O–H groups in total. The van der Waals surface area contributed by atoms with Crippen LogP contribution in [0.15, 0.2) is 18.2 Å². The summed E-state index contributed by atoms with van der Waals surface area (Å²) in [5.41, 5.74) is 0.386. The topological polar surface area (TPSA) is 65.1 Å². The Hall–Kier alpha value is -1.89. The highest BCUT2D eigenvalue weighted by Gasteiger charge is 2.34. The van der Waals surface area contributed by atoms with E-state index in [1.165, 1.54) is 11.8 Å². The lowest BCUT2D eigenvalue weighted by molar-refractivity contribution is -0.155. The number of benzene rings is 1. The Labute approximate surface area is 152 Å². The molecule has 7 heteroatoms. The number of hydrogen-bond acceptors (Lipinski definition) is 6. The maximum Gasteiger partial charge on any atom is 0.308 e. The van der Waals surface area contributed by atoms with Crippen LogP contribution in [-0.4, -0.2) is 48.9 Å². The van der Waals surface area contributed by atoms with Crippen LogP contribution in [0.3, 0.4) is 0 Å². The van der Waals surface area contributed by atoms with Gasteiger partial charge in [0.05, 0.1) is 26.4 Å². The molecule has 0 spiro atoms. The summed E-state index contributed by atoms with van der Waals surface area (Å²) in [7, 11) is 3.18. The van der Waals surface area contributed by atoms with E-state index in [4.69, 9.17) is 14.2 Å². The molecule has 6 nitrogen and oxygen atoms in total. The molecule has 0 aliphatic carbocycles. The number of thioether (sulfide) groups is 1. The van der Waals surface area contributed by atoms with E-state index in [0.717, 1.165) is 5.56 Å². The third-order valence-corrected chi connectivity index (χ3v) is 4.86. The highest BCUT2D eigenvalue weighted by Crippen LogP contribution is 2.41. The Morgan fingerprint density at radius 3 is 2.32 bits per heavy atom. The van der Waals surface area contributed by atoms with E-state index in [9.17, 15) is 9.59 Å². The molecule has 1 aliphatic rings. The van der Waals surface area contributed by atoms with Crippen molar-refractivity contribution in [2.75, 3.05) is 26.5 Å². The van der Waals surface area contributed by atoms with Crippen molar-refractivity contribution in [2.45, 2.75) is 38.2 Å². The standard InChI is InChI=1S/C18H25NO5S/c1-18(2,3)24-16(21)6-7-19-15(20)11-25-17(19)12-8-13(22-4)10-14(9-12)23-5/h8-10,17H,6-7,11H2,1-5H3. The molecule has 138 valence electrons. The third-order valence-electron chi connectivity index (χ3n) is 3.60. The van der Waals surface area contributed by atoms with E-state index in [-0.39, 0.29) is 23.7 Å². The molecule has 1 saturated heterocycles. The quantitative estimate of drug-likeness (QED) is 0.720. The number of hydrogen-bond donors (Lipinski definition) is 0. The van der Waals surface area contributed by atoms with Gasteiger partial charge in [-0.3, -0.25) is 9.59 Å². The average Bonchev–Trinajstić information content (AvgIpc) is 2.91. The van der Waals surface area contributed by atoms with Crippen LogP contribution in [0.1, 0.15) is 38.1 Å². The highest BCUT2D eigenvalue weighted by molar-refractivity contribution is 8.00. The van der Waals surface area contributed by atoms with Gasteiger partial charge in [0.25, 0.3) is 0 Å². The van der Waals surface area contributed by atoms with Crippen molar-refractivity contribution in [3.63, 3.8) is 0 Å². The lowest BCUT2D eigenvalue weighted by Crippen LogP contribution is -2.32. The maximum atomic E-state index is 12.3. The van der Waals surface area contributed by atoms with Gasteiger partial charge in [0.15, 0.2) is 0 Å². The third kappa shape index (κ3) is 5.29. The van der Waals surface area contributed by atoms with Gasteiger partial charge >= 0.3 is 5.97 Å². The van der Waals surface area contributed by atoms with E-state index >= 15 is 0 Å². The van der Waals surface area contributed by atoms with Crippen LogP contribution >= 0.6 is 11.8 Å². The molecule has 1 aromatic rings. The predicted octanol–water partition coefficient (Wildman–Crippen LogP) is 3.01. The first kappa shape index (κ1) is 19.4. The zero-order valence-electron chi connectivity index (χ0n) is 15.3. The first-order chi connectivity index (χ1) is 11.7. The summed E-state index contributed by atoms with van der Waals surface area (Å²) in [6.45, 7) is 5.80. The zero-order chi connectivity index (χ0) is 18.6. The molecular weight excluding hydrogens is 342 g/mol. The predicted molar refractivity (Wildman–Crippen MR) is 96.9 cm³/mol. The summed E-state index contributed by atoms with van der Waals surface area (Å²) in [6.07, 6.45) is 0.168. The number of nitrogens with zero attached hydrogens (tertiary/aromatic N) is 1. The Morgan fingerprint density at radius 1 is 1.20 bits per heavy atom. The first-order valence-corrected chi connectivity index (χ1v) is 9.14. The van der Waals surface area contributed by atoms with E-state index in [2.05, 4.69) is 0 Å². The molecular formula is C18H25NO5S. The molecule has 1 aliphatic heterocycles. The molecule has 0 bridgehead atoms. The largest absolute Gasteiger partial charge is 0.497 e. The van der Waals surface area contributed by atoms with Gasteiger partial charge in [-0.25, -0.2) is 0 Å². The smallest absolute Gasteiger partial charge is 0.308 e. The van der Waals surface area contributed by atoms with Gasteiger partial charge in [-0.2, -0.15) is 0 Å². The lowest BCUT2D eigenvalue weighted by atomic mass is 10.1. The van der Waals surface area contributed by atoms with Gasteiger partial charge in [-0.15, -0.1) is 11.8 Å². The van der Waals surface area contributed by atoms with Crippen molar-refractivity contribution >= 4 is 23.6 Å². The summed E-state index contributed by atoms with van der Waals surface area (Å²) in [6, 6.07) is 5.56. The van der Waals surface area contributed by atoms with Crippen molar-refractivity contribution in [2.24, 2.45) is 0 Å². The molecule has 1 aromatic carbocycles. The molecule has 1 heterocycles. The van der Waals surface area contributed by atoms with E-state index < -0.39 is 5.60 Å². The SMILES string of the molecule is COc1cc(OC)cc(C2SCC(=O)N2CCC(=O)OC(C)(C)C)c1.